The highest BCUT2D eigenvalue weighted by Gasteiger charge is 2.20. The lowest BCUT2D eigenvalue weighted by Crippen LogP contribution is -2.31. The fourth-order valence-electron chi connectivity index (χ4n) is 2.71. The van der Waals surface area contributed by atoms with Crippen molar-refractivity contribution in [2.24, 2.45) is 10.4 Å². The van der Waals surface area contributed by atoms with Gasteiger partial charge in [0.2, 0.25) is 0 Å². The lowest BCUT2D eigenvalue weighted by Gasteiger charge is -2.18. The van der Waals surface area contributed by atoms with Crippen molar-refractivity contribution in [3.63, 3.8) is 0 Å². The molecular formula is C26H48N10. The fraction of sp³-hybridized carbons (Fsp3) is 0.692. The van der Waals surface area contributed by atoms with Crippen LogP contribution in [0, 0.1) is 5.41 Å². The smallest absolute Gasteiger partial charge is 0.137 e. The molecule has 3 aromatic heterocycles. The molecule has 0 spiro atoms. The molecule has 3 aromatic rings. The van der Waals surface area contributed by atoms with Crippen LogP contribution in [0.2, 0.25) is 0 Å². The lowest BCUT2D eigenvalue weighted by molar-refractivity contribution is 0.548. The van der Waals surface area contributed by atoms with Crippen LogP contribution in [0.5, 0.6) is 0 Å². The molecule has 0 bridgehead atoms. The maximum atomic E-state index is 4.31. The summed E-state index contributed by atoms with van der Waals surface area (Å²) in [4.78, 5) is 19.6. The second-order valence-corrected chi connectivity index (χ2v) is 12.8. The van der Waals surface area contributed by atoms with E-state index < -0.39 is 0 Å². The van der Waals surface area contributed by atoms with Crippen LogP contribution in [0.15, 0.2) is 30.0 Å². The number of amidine groups is 1. The molecular weight excluding hydrogens is 452 g/mol. The first kappa shape index (κ1) is 31.0. The summed E-state index contributed by atoms with van der Waals surface area (Å²) in [7, 11) is 0. The Labute approximate surface area is 217 Å². The molecule has 4 heterocycles. The van der Waals surface area contributed by atoms with E-state index in [0.717, 1.165) is 36.4 Å². The Morgan fingerprint density at radius 2 is 1.08 bits per heavy atom. The Hall–Kier alpha value is -3.04. The third-order valence-electron chi connectivity index (χ3n) is 4.84. The quantitative estimate of drug-likeness (QED) is 0.345. The largest absolute Gasteiger partial charge is 0.372 e. The standard InChI is InChI=1S/C7H14N2.C7H12N2.2C6H11N3/c2*1-7(2,3)6-8-4-5-9-6;2*1-6(2,3)5-7-4-8-9-5/h4-5H2,1-3H3,(H,8,9);4-5H,1-3H3,(H,8,9);2*4H,1-3H3,(H,7,8,9). The van der Waals surface area contributed by atoms with Gasteiger partial charge in [-0.15, -0.1) is 0 Å². The van der Waals surface area contributed by atoms with Crippen LogP contribution in [0.4, 0.5) is 0 Å². The van der Waals surface area contributed by atoms with Crippen molar-refractivity contribution in [3.8, 4) is 0 Å². The number of imidazole rings is 1. The van der Waals surface area contributed by atoms with Crippen molar-refractivity contribution in [3.05, 3.63) is 42.5 Å². The van der Waals surface area contributed by atoms with Crippen LogP contribution in [0.3, 0.4) is 0 Å². The maximum Gasteiger partial charge on any atom is 0.137 e. The van der Waals surface area contributed by atoms with E-state index in [1.54, 1.807) is 6.20 Å². The number of aromatic amines is 3. The van der Waals surface area contributed by atoms with E-state index >= 15 is 0 Å². The first-order valence-electron chi connectivity index (χ1n) is 12.4. The molecule has 0 radical (unpaired) electrons. The fourth-order valence-corrected chi connectivity index (χ4v) is 2.71. The molecule has 0 saturated heterocycles. The van der Waals surface area contributed by atoms with Crippen molar-refractivity contribution in [1.82, 2.24) is 45.6 Å². The highest BCUT2D eigenvalue weighted by Crippen LogP contribution is 2.17. The van der Waals surface area contributed by atoms with E-state index in [1.165, 1.54) is 12.7 Å². The van der Waals surface area contributed by atoms with Crippen molar-refractivity contribution >= 4 is 5.84 Å². The predicted molar refractivity (Wildman–Crippen MR) is 147 cm³/mol. The molecule has 0 fully saturated rings. The topological polar surface area (TPSA) is 136 Å². The van der Waals surface area contributed by atoms with E-state index in [0.29, 0.717) is 0 Å². The lowest BCUT2D eigenvalue weighted by atomic mass is 9.95. The van der Waals surface area contributed by atoms with Gasteiger partial charge in [0.25, 0.3) is 0 Å². The van der Waals surface area contributed by atoms with Crippen LogP contribution < -0.4 is 5.32 Å². The van der Waals surface area contributed by atoms with Gasteiger partial charge in [-0.3, -0.25) is 15.2 Å². The van der Waals surface area contributed by atoms with Gasteiger partial charge in [0, 0.05) is 40.6 Å². The monoisotopic (exact) mass is 500 g/mol. The van der Waals surface area contributed by atoms with E-state index in [-0.39, 0.29) is 21.7 Å². The Morgan fingerprint density at radius 1 is 0.611 bits per heavy atom. The highest BCUT2D eigenvalue weighted by molar-refractivity contribution is 5.88. The van der Waals surface area contributed by atoms with Gasteiger partial charge in [-0.1, -0.05) is 83.1 Å². The molecule has 0 saturated carbocycles. The molecule has 0 unspecified atom stereocenters. The Bertz CT molecular complexity index is 868. The van der Waals surface area contributed by atoms with Gasteiger partial charge < -0.3 is 10.3 Å². The molecule has 36 heavy (non-hydrogen) atoms. The number of H-pyrrole nitrogens is 3. The summed E-state index contributed by atoms with van der Waals surface area (Å²) in [5, 5.41) is 16.4. The molecule has 0 aromatic carbocycles. The van der Waals surface area contributed by atoms with Gasteiger partial charge in [-0.05, 0) is 0 Å². The number of aromatic nitrogens is 8. The molecule has 202 valence electrons. The van der Waals surface area contributed by atoms with Crippen LogP contribution in [-0.4, -0.2) is 59.3 Å². The summed E-state index contributed by atoms with van der Waals surface area (Å²) >= 11 is 0. The second kappa shape index (κ2) is 12.8. The van der Waals surface area contributed by atoms with Gasteiger partial charge in [-0.2, -0.15) is 10.2 Å². The van der Waals surface area contributed by atoms with Gasteiger partial charge in [0.05, 0.1) is 6.54 Å². The number of rotatable bonds is 0. The summed E-state index contributed by atoms with van der Waals surface area (Å²) in [5.41, 5.74) is 0.562. The zero-order valence-electron chi connectivity index (χ0n) is 24.4. The number of hydrogen-bond donors (Lipinski definition) is 4. The maximum absolute atomic E-state index is 4.31. The summed E-state index contributed by atoms with van der Waals surface area (Å²) in [6.45, 7) is 27.4. The minimum absolute atomic E-state index is 0.0938. The van der Waals surface area contributed by atoms with Gasteiger partial charge in [-0.25, -0.2) is 15.0 Å². The Balaban J connectivity index is 0.000000240. The number of hydrogen-bond acceptors (Lipinski definition) is 7. The molecule has 0 aliphatic carbocycles. The Morgan fingerprint density at radius 3 is 1.25 bits per heavy atom. The van der Waals surface area contributed by atoms with Gasteiger partial charge >= 0.3 is 0 Å². The van der Waals surface area contributed by atoms with E-state index in [4.69, 9.17) is 0 Å². The molecule has 0 atom stereocenters. The summed E-state index contributed by atoms with van der Waals surface area (Å²) in [6.07, 6.45) is 6.68. The highest BCUT2D eigenvalue weighted by atomic mass is 15.2. The molecule has 1 aliphatic heterocycles. The molecule has 10 nitrogen and oxygen atoms in total. The van der Waals surface area contributed by atoms with Gasteiger partial charge in [0.15, 0.2) is 0 Å². The first-order valence-corrected chi connectivity index (χ1v) is 12.4. The molecule has 10 heteroatoms. The van der Waals surface area contributed by atoms with Crippen LogP contribution in [0.25, 0.3) is 0 Å². The summed E-state index contributed by atoms with van der Waals surface area (Å²) in [5.74, 6) is 4.06. The van der Waals surface area contributed by atoms with Gasteiger partial charge in [0.1, 0.15) is 36.0 Å². The zero-order chi connectivity index (χ0) is 27.6. The SMILES string of the molecule is CC(C)(C)C1=NCCN1.CC(C)(C)c1ncc[nH]1.CC(C)(C)c1ncn[nH]1.CC(C)(C)c1ncn[nH]1. The molecule has 4 rings (SSSR count). The third kappa shape index (κ3) is 11.6. The molecule has 0 amide bonds. The first-order chi connectivity index (χ1) is 16.4. The van der Waals surface area contributed by atoms with E-state index in [9.17, 15) is 0 Å². The zero-order valence-corrected chi connectivity index (χ0v) is 24.4. The van der Waals surface area contributed by atoms with Crippen molar-refractivity contribution in [2.75, 3.05) is 13.1 Å². The minimum Gasteiger partial charge on any atom is -0.372 e. The van der Waals surface area contributed by atoms with Crippen LogP contribution >= 0.6 is 0 Å². The van der Waals surface area contributed by atoms with Crippen LogP contribution in [-0.2, 0) is 16.2 Å². The summed E-state index contributed by atoms with van der Waals surface area (Å²) in [6, 6.07) is 0. The van der Waals surface area contributed by atoms with Crippen molar-refractivity contribution in [2.45, 2.75) is 99.3 Å². The predicted octanol–water partition coefficient (Wildman–Crippen LogP) is 4.95. The molecule has 4 N–H and O–H groups in total. The van der Waals surface area contributed by atoms with Crippen molar-refractivity contribution < 1.29 is 0 Å². The van der Waals surface area contributed by atoms with Crippen molar-refractivity contribution in [1.29, 1.82) is 0 Å². The average Bonchev–Trinajstić information content (AvgIpc) is 3.57. The number of nitrogens with zero attached hydrogens (tertiary/aromatic N) is 6. The number of aliphatic imine (C=N–C) groups is 1. The second-order valence-electron chi connectivity index (χ2n) is 12.8. The third-order valence-corrected chi connectivity index (χ3v) is 4.84. The average molecular weight is 501 g/mol. The van der Waals surface area contributed by atoms with E-state index in [1.807, 2.05) is 6.20 Å². The minimum atomic E-state index is 0.0938. The number of nitrogens with one attached hydrogen (secondary N) is 4. The normalized spacial score (nSPS) is 13.7. The van der Waals surface area contributed by atoms with E-state index in [2.05, 4.69) is 134 Å². The summed E-state index contributed by atoms with van der Waals surface area (Å²) < 4.78 is 0. The molecule has 1 aliphatic rings. The van der Waals surface area contributed by atoms with Crippen LogP contribution in [0.1, 0.15) is 101 Å². The Kier molecular flexibility index (Phi) is 11.0.